The molecule has 2 aromatic carbocycles. The van der Waals surface area contributed by atoms with Crippen molar-refractivity contribution in [1.29, 1.82) is 0 Å². The zero-order valence-corrected chi connectivity index (χ0v) is 10.5. The van der Waals surface area contributed by atoms with Gasteiger partial charge in [-0.1, -0.05) is 29.3 Å². The Labute approximate surface area is 109 Å². The minimum atomic E-state index is -0.381. The lowest BCUT2D eigenvalue weighted by molar-refractivity contribution is 0.411. The molecule has 0 aliphatic heterocycles. The summed E-state index contributed by atoms with van der Waals surface area (Å²) in [4.78, 5) is 0. The Hall–Kier alpha value is -1.25. The van der Waals surface area contributed by atoms with Crippen molar-refractivity contribution >= 4 is 23.2 Å². The van der Waals surface area contributed by atoms with E-state index in [1.54, 1.807) is 30.3 Å². The summed E-state index contributed by atoms with van der Waals surface area (Å²) in [7, 11) is 1.49. The molecule has 0 atom stereocenters. The van der Waals surface area contributed by atoms with Crippen LogP contribution < -0.4 is 4.74 Å². The van der Waals surface area contributed by atoms with Gasteiger partial charge in [-0.15, -0.1) is 0 Å². The van der Waals surface area contributed by atoms with E-state index in [1.807, 2.05) is 0 Å². The normalized spacial score (nSPS) is 10.4. The maximum Gasteiger partial charge on any atom is 0.134 e. The van der Waals surface area contributed by atoms with Crippen LogP contribution in [0.4, 0.5) is 4.39 Å². The van der Waals surface area contributed by atoms with Crippen molar-refractivity contribution in [2.45, 2.75) is 0 Å². The first-order chi connectivity index (χ1) is 8.11. The van der Waals surface area contributed by atoms with Crippen LogP contribution in [0.5, 0.6) is 5.75 Å². The molecule has 2 rings (SSSR count). The highest BCUT2D eigenvalue weighted by molar-refractivity contribution is 6.36. The molecule has 0 amide bonds. The summed E-state index contributed by atoms with van der Waals surface area (Å²) >= 11 is 11.8. The van der Waals surface area contributed by atoms with Gasteiger partial charge in [-0.3, -0.25) is 0 Å². The van der Waals surface area contributed by atoms with Gasteiger partial charge in [0.2, 0.25) is 0 Å². The highest BCUT2D eigenvalue weighted by Crippen LogP contribution is 2.33. The minimum Gasteiger partial charge on any atom is -0.497 e. The van der Waals surface area contributed by atoms with Gasteiger partial charge in [-0.2, -0.15) is 0 Å². The van der Waals surface area contributed by atoms with Crippen molar-refractivity contribution in [1.82, 2.24) is 0 Å². The van der Waals surface area contributed by atoms with Crippen LogP contribution in [0.3, 0.4) is 0 Å². The third kappa shape index (κ3) is 2.54. The van der Waals surface area contributed by atoms with Crippen LogP contribution in [-0.2, 0) is 0 Å². The molecule has 2 aromatic rings. The third-order valence-corrected chi connectivity index (χ3v) is 2.95. The van der Waals surface area contributed by atoms with Crippen LogP contribution in [0, 0.1) is 5.82 Å². The molecule has 0 saturated heterocycles. The van der Waals surface area contributed by atoms with E-state index in [1.165, 1.54) is 13.2 Å². The van der Waals surface area contributed by atoms with Crippen LogP contribution >= 0.6 is 23.2 Å². The van der Waals surface area contributed by atoms with E-state index >= 15 is 0 Å². The van der Waals surface area contributed by atoms with Gasteiger partial charge < -0.3 is 4.74 Å². The molecule has 0 aliphatic carbocycles. The third-order valence-electron chi connectivity index (χ3n) is 2.40. The number of methoxy groups -OCH3 is 1. The predicted octanol–water partition coefficient (Wildman–Crippen LogP) is 4.81. The van der Waals surface area contributed by atoms with E-state index in [9.17, 15) is 4.39 Å². The summed E-state index contributed by atoms with van der Waals surface area (Å²) in [5.41, 5.74) is 1.03. The van der Waals surface area contributed by atoms with Gasteiger partial charge in [0.05, 0.1) is 7.11 Å². The number of hydrogen-bond donors (Lipinski definition) is 0. The molecular weight excluding hydrogens is 262 g/mol. The zero-order chi connectivity index (χ0) is 12.4. The van der Waals surface area contributed by atoms with Crippen LogP contribution in [0.1, 0.15) is 0 Å². The molecule has 0 N–H and O–H groups in total. The Balaban J connectivity index is 2.53. The predicted molar refractivity (Wildman–Crippen MR) is 68.4 cm³/mol. The van der Waals surface area contributed by atoms with Crippen LogP contribution in [0.2, 0.25) is 10.0 Å². The molecule has 88 valence electrons. The fraction of sp³-hybridized carbons (Fsp3) is 0.0769. The summed E-state index contributed by atoms with van der Waals surface area (Å²) in [6, 6.07) is 9.58. The average molecular weight is 271 g/mol. The molecule has 1 nitrogen and oxygen atoms in total. The summed E-state index contributed by atoms with van der Waals surface area (Å²) in [6.45, 7) is 0. The first-order valence-electron chi connectivity index (χ1n) is 4.91. The minimum absolute atomic E-state index is 0.381. The molecule has 0 spiro atoms. The van der Waals surface area contributed by atoms with Crippen molar-refractivity contribution in [2.75, 3.05) is 7.11 Å². The molecular formula is C13H9Cl2FO. The standard InChI is InChI=1S/C13H9Cl2FO/c1-17-9-3-5-11(13(16)7-9)10-4-2-8(14)6-12(10)15/h2-7H,1H3. The van der Waals surface area contributed by atoms with Crippen molar-refractivity contribution in [3.63, 3.8) is 0 Å². The van der Waals surface area contributed by atoms with Crippen molar-refractivity contribution in [3.8, 4) is 16.9 Å². The second-order valence-electron chi connectivity index (χ2n) is 3.47. The van der Waals surface area contributed by atoms with Crippen molar-refractivity contribution in [2.24, 2.45) is 0 Å². The van der Waals surface area contributed by atoms with Gasteiger partial charge in [0.25, 0.3) is 0 Å². The number of benzene rings is 2. The maximum atomic E-state index is 13.8. The smallest absolute Gasteiger partial charge is 0.134 e. The Bertz CT molecular complexity index is 555. The highest BCUT2D eigenvalue weighted by atomic mass is 35.5. The van der Waals surface area contributed by atoms with Gasteiger partial charge in [-0.25, -0.2) is 4.39 Å². The van der Waals surface area contributed by atoms with Gasteiger partial charge in [0, 0.05) is 27.2 Å². The van der Waals surface area contributed by atoms with E-state index in [-0.39, 0.29) is 5.82 Å². The van der Waals surface area contributed by atoms with E-state index in [0.717, 1.165) is 0 Å². The van der Waals surface area contributed by atoms with Crippen LogP contribution in [0.25, 0.3) is 11.1 Å². The molecule has 0 unspecified atom stereocenters. The number of halogens is 3. The fourth-order valence-electron chi connectivity index (χ4n) is 1.55. The van der Waals surface area contributed by atoms with Gasteiger partial charge >= 0.3 is 0 Å². The number of ether oxygens (including phenoxy) is 1. The summed E-state index contributed by atoms with van der Waals surface area (Å²) in [5, 5.41) is 0.939. The Kier molecular flexibility index (Phi) is 3.55. The number of hydrogen-bond acceptors (Lipinski definition) is 1. The number of rotatable bonds is 2. The first kappa shape index (κ1) is 12.2. The van der Waals surface area contributed by atoms with Crippen molar-refractivity contribution in [3.05, 3.63) is 52.3 Å². The fourth-order valence-corrected chi connectivity index (χ4v) is 2.06. The first-order valence-corrected chi connectivity index (χ1v) is 5.66. The van der Waals surface area contributed by atoms with E-state index in [4.69, 9.17) is 27.9 Å². The lowest BCUT2D eigenvalue weighted by Gasteiger charge is -2.08. The van der Waals surface area contributed by atoms with Crippen LogP contribution in [-0.4, -0.2) is 7.11 Å². The van der Waals surface area contributed by atoms with E-state index < -0.39 is 0 Å². The Morgan fingerprint density at radius 3 is 2.29 bits per heavy atom. The molecule has 4 heteroatoms. The molecule has 0 aromatic heterocycles. The van der Waals surface area contributed by atoms with E-state index in [0.29, 0.717) is 26.9 Å². The molecule has 0 bridgehead atoms. The second kappa shape index (κ2) is 4.94. The summed E-state index contributed by atoms with van der Waals surface area (Å²) < 4.78 is 18.8. The van der Waals surface area contributed by atoms with E-state index in [2.05, 4.69) is 0 Å². The lowest BCUT2D eigenvalue weighted by Crippen LogP contribution is -1.88. The molecule has 0 aliphatic rings. The Morgan fingerprint density at radius 1 is 1.00 bits per heavy atom. The molecule has 0 heterocycles. The zero-order valence-electron chi connectivity index (χ0n) is 9.01. The summed E-state index contributed by atoms with van der Waals surface area (Å²) in [5.74, 6) is 0.0879. The average Bonchev–Trinajstić information content (AvgIpc) is 2.30. The Morgan fingerprint density at radius 2 is 1.71 bits per heavy atom. The quantitative estimate of drug-likeness (QED) is 0.761. The molecule has 17 heavy (non-hydrogen) atoms. The second-order valence-corrected chi connectivity index (χ2v) is 4.31. The van der Waals surface area contributed by atoms with Gasteiger partial charge in [-0.05, 0) is 24.3 Å². The monoisotopic (exact) mass is 270 g/mol. The maximum absolute atomic E-state index is 13.8. The van der Waals surface area contributed by atoms with Crippen molar-refractivity contribution < 1.29 is 9.13 Å². The molecule has 0 radical (unpaired) electrons. The van der Waals surface area contributed by atoms with Crippen LogP contribution in [0.15, 0.2) is 36.4 Å². The van der Waals surface area contributed by atoms with Gasteiger partial charge in [0.15, 0.2) is 0 Å². The molecule has 0 saturated carbocycles. The molecule has 0 fully saturated rings. The summed E-state index contributed by atoms with van der Waals surface area (Å²) in [6.07, 6.45) is 0. The SMILES string of the molecule is COc1ccc(-c2ccc(Cl)cc2Cl)c(F)c1. The highest BCUT2D eigenvalue weighted by Gasteiger charge is 2.10. The largest absolute Gasteiger partial charge is 0.497 e. The topological polar surface area (TPSA) is 9.23 Å². The lowest BCUT2D eigenvalue weighted by atomic mass is 10.0. The van der Waals surface area contributed by atoms with Gasteiger partial charge in [0.1, 0.15) is 11.6 Å².